The Morgan fingerprint density at radius 2 is 2.33 bits per heavy atom. The minimum absolute atomic E-state index is 0.0874. The molecule has 2 aromatic heterocycles. The zero-order valence-corrected chi connectivity index (χ0v) is 7.59. The van der Waals surface area contributed by atoms with E-state index in [-0.39, 0.29) is 17.3 Å². The molecule has 78 valence electrons. The van der Waals surface area contributed by atoms with Gasteiger partial charge in [-0.2, -0.15) is 9.50 Å². The number of anilines is 1. The van der Waals surface area contributed by atoms with Crippen LogP contribution in [0.1, 0.15) is 5.69 Å². The number of hydrogen-bond acceptors (Lipinski definition) is 5. The highest BCUT2D eigenvalue weighted by Crippen LogP contribution is 2.00. The van der Waals surface area contributed by atoms with Gasteiger partial charge in [-0.25, -0.2) is 15.1 Å². The molecule has 0 radical (unpaired) electrons. The van der Waals surface area contributed by atoms with E-state index in [9.17, 15) is 14.9 Å². The zero-order chi connectivity index (χ0) is 11.0. The summed E-state index contributed by atoms with van der Waals surface area (Å²) < 4.78 is 1.01. The summed E-state index contributed by atoms with van der Waals surface area (Å²) in [6, 6.07) is 1.29. The molecular formula is C6H6N6O3. The summed E-state index contributed by atoms with van der Waals surface area (Å²) in [7, 11) is 0. The lowest BCUT2D eigenvalue weighted by Crippen LogP contribution is -2.15. The van der Waals surface area contributed by atoms with Gasteiger partial charge < -0.3 is 0 Å². The van der Waals surface area contributed by atoms with Gasteiger partial charge in [0.1, 0.15) is 0 Å². The third-order valence-electron chi connectivity index (χ3n) is 1.66. The van der Waals surface area contributed by atoms with E-state index in [1.807, 2.05) is 0 Å². The number of H-pyrrole nitrogens is 1. The molecule has 0 atom stereocenters. The van der Waals surface area contributed by atoms with E-state index in [1.54, 1.807) is 12.3 Å². The average molecular weight is 210 g/mol. The summed E-state index contributed by atoms with van der Waals surface area (Å²) in [4.78, 5) is 29.1. The molecule has 0 unspecified atom stereocenters. The van der Waals surface area contributed by atoms with Crippen molar-refractivity contribution in [3.05, 3.63) is 32.2 Å². The van der Waals surface area contributed by atoms with Crippen LogP contribution in [-0.2, 0) is 0 Å². The van der Waals surface area contributed by atoms with Crippen molar-refractivity contribution in [2.75, 3.05) is 5.43 Å². The van der Waals surface area contributed by atoms with E-state index in [4.69, 9.17) is 0 Å². The van der Waals surface area contributed by atoms with Gasteiger partial charge in [0.15, 0.2) is 5.03 Å². The van der Waals surface area contributed by atoms with Crippen molar-refractivity contribution in [3.63, 3.8) is 0 Å². The number of nitrogens with zero attached hydrogens (tertiary/aromatic N) is 4. The number of aromatic nitrogens is 4. The summed E-state index contributed by atoms with van der Waals surface area (Å²) in [5, 5.41) is 11.7. The van der Waals surface area contributed by atoms with Crippen molar-refractivity contribution in [1.29, 1.82) is 0 Å². The molecule has 2 rings (SSSR count). The van der Waals surface area contributed by atoms with Crippen LogP contribution >= 0.6 is 0 Å². The van der Waals surface area contributed by atoms with Crippen LogP contribution in [0.25, 0.3) is 5.78 Å². The fourth-order valence-electron chi connectivity index (χ4n) is 1.13. The Balaban J connectivity index is 2.60. The largest absolute Gasteiger partial charge is 0.281 e. The number of nitro groups is 1. The summed E-state index contributed by atoms with van der Waals surface area (Å²) in [5.41, 5.74) is 1.92. The van der Waals surface area contributed by atoms with Crippen LogP contribution in [0, 0.1) is 17.0 Å². The monoisotopic (exact) mass is 210 g/mol. The van der Waals surface area contributed by atoms with Crippen molar-refractivity contribution in [2.24, 2.45) is 0 Å². The molecule has 0 aliphatic heterocycles. The van der Waals surface area contributed by atoms with Gasteiger partial charge in [-0.3, -0.25) is 9.89 Å². The predicted molar refractivity (Wildman–Crippen MR) is 49.0 cm³/mol. The quantitative estimate of drug-likeness (QED) is 0.501. The molecule has 9 nitrogen and oxygen atoms in total. The Morgan fingerprint density at radius 3 is 3.00 bits per heavy atom. The normalized spacial score (nSPS) is 10.5. The molecule has 2 aromatic rings. The molecule has 9 heteroatoms. The molecule has 2 heterocycles. The maximum absolute atomic E-state index is 11.4. The maximum atomic E-state index is 11.4. The first-order valence-corrected chi connectivity index (χ1v) is 3.94. The van der Waals surface area contributed by atoms with Crippen LogP contribution in [0.2, 0.25) is 0 Å². The molecule has 0 fully saturated rings. The molecule has 0 bridgehead atoms. The van der Waals surface area contributed by atoms with E-state index in [0.717, 1.165) is 4.52 Å². The fourth-order valence-corrected chi connectivity index (χ4v) is 1.13. The van der Waals surface area contributed by atoms with Gasteiger partial charge in [0.25, 0.3) is 17.3 Å². The third-order valence-corrected chi connectivity index (χ3v) is 1.66. The van der Waals surface area contributed by atoms with Crippen molar-refractivity contribution in [2.45, 2.75) is 6.92 Å². The zero-order valence-electron chi connectivity index (χ0n) is 7.59. The van der Waals surface area contributed by atoms with Gasteiger partial charge in [-0.15, -0.1) is 0 Å². The SMILES string of the molecule is Cc1cc(=O)n2[nH]c(N[N+](=O)[O-])nc2n1. The Morgan fingerprint density at radius 1 is 1.60 bits per heavy atom. The number of nitrogens with one attached hydrogen (secondary N) is 2. The van der Waals surface area contributed by atoms with Gasteiger partial charge in [-0.05, 0) is 6.92 Å². The second kappa shape index (κ2) is 3.04. The van der Waals surface area contributed by atoms with Crippen LogP contribution < -0.4 is 11.0 Å². The van der Waals surface area contributed by atoms with Crippen LogP contribution in [-0.4, -0.2) is 24.6 Å². The number of hydrogen-bond donors (Lipinski definition) is 2. The second-order valence-corrected chi connectivity index (χ2v) is 2.81. The van der Waals surface area contributed by atoms with Gasteiger partial charge in [0, 0.05) is 11.8 Å². The highest BCUT2D eigenvalue weighted by atomic mass is 16.7. The van der Waals surface area contributed by atoms with Crippen molar-refractivity contribution < 1.29 is 5.03 Å². The lowest BCUT2D eigenvalue weighted by atomic mass is 10.5. The van der Waals surface area contributed by atoms with Gasteiger partial charge in [-0.1, -0.05) is 5.43 Å². The Hall–Kier alpha value is -2.45. The Kier molecular flexibility index (Phi) is 1.85. The molecule has 0 aliphatic rings. The first-order valence-electron chi connectivity index (χ1n) is 3.94. The average Bonchev–Trinajstić information content (AvgIpc) is 2.45. The van der Waals surface area contributed by atoms with E-state index < -0.39 is 5.03 Å². The minimum atomic E-state index is -0.782. The summed E-state index contributed by atoms with van der Waals surface area (Å²) in [6.07, 6.45) is 0. The van der Waals surface area contributed by atoms with Gasteiger partial charge in [0.05, 0.1) is 0 Å². The van der Waals surface area contributed by atoms with E-state index in [1.165, 1.54) is 6.07 Å². The van der Waals surface area contributed by atoms with E-state index in [0.29, 0.717) is 5.69 Å². The highest BCUT2D eigenvalue weighted by molar-refractivity contribution is 5.35. The second-order valence-electron chi connectivity index (χ2n) is 2.81. The molecular weight excluding hydrogens is 204 g/mol. The maximum Gasteiger partial charge on any atom is 0.281 e. The van der Waals surface area contributed by atoms with Crippen molar-refractivity contribution in [3.8, 4) is 0 Å². The molecule has 2 N–H and O–H groups in total. The highest BCUT2D eigenvalue weighted by Gasteiger charge is 2.08. The first-order chi connectivity index (χ1) is 7.06. The molecule has 0 amide bonds. The molecule has 0 aromatic carbocycles. The number of rotatable bonds is 2. The fraction of sp³-hybridized carbons (Fsp3) is 0.167. The molecule has 0 aliphatic carbocycles. The molecule has 15 heavy (non-hydrogen) atoms. The number of fused-ring (bicyclic) bond motifs is 1. The lowest BCUT2D eigenvalue weighted by Gasteiger charge is -1.90. The van der Waals surface area contributed by atoms with Gasteiger partial charge >= 0.3 is 0 Å². The van der Waals surface area contributed by atoms with E-state index >= 15 is 0 Å². The topological polar surface area (TPSA) is 118 Å². The molecule has 0 saturated heterocycles. The first kappa shape index (κ1) is 9.12. The number of aromatic amines is 1. The summed E-state index contributed by atoms with van der Waals surface area (Å²) in [6.45, 7) is 1.64. The minimum Gasteiger partial charge on any atom is -0.267 e. The molecule has 0 saturated carbocycles. The van der Waals surface area contributed by atoms with E-state index in [2.05, 4.69) is 15.1 Å². The standard InChI is InChI=1S/C6H6N6O3/c1-3-2-4(13)11-6(7-3)8-5(9-11)10-12(14)15/h2H,1H3,(H2,7,8,9,10). The Labute approximate surface area is 81.9 Å². The summed E-state index contributed by atoms with van der Waals surface area (Å²) in [5.74, 6) is -0.0560. The van der Waals surface area contributed by atoms with Crippen molar-refractivity contribution >= 4 is 11.7 Å². The smallest absolute Gasteiger partial charge is 0.267 e. The van der Waals surface area contributed by atoms with Gasteiger partial charge in [0.2, 0.25) is 0 Å². The Bertz CT molecular complexity index is 584. The lowest BCUT2D eigenvalue weighted by molar-refractivity contribution is -0.446. The predicted octanol–water partition coefficient (Wildman–Crippen LogP) is -0.670. The van der Waals surface area contributed by atoms with Crippen LogP contribution in [0.3, 0.4) is 0 Å². The van der Waals surface area contributed by atoms with Crippen LogP contribution in [0.4, 0.5) is 5.95 Å². The van der Waals surface area contributed by atoms with Crippen molar-refractivity contribution in [1.82, 2.24) is 19.6 Å². The molecule has 0 spiro atoms. The van der Waals surface area contributed by atoms with Crippen LogP contribution in [0.15, 0.2) is 10.9 Å². The third kappa shape index (κ3) is 1.61. The summed E-state index contributed by atoms with van der Waals surface area (Å²) >= 11 is 0. The number of aryl methyl sites for hydroxylation is 1. The van der Waals surface area contributed by atoms with Crippen LogP contribution in [0.5, 0.6) is 0 Å². The number of hydrazine groups is 1.